The van der Waals surface area contributed by atoms with Gasteiger partial charge in [-0.15, -0.1) is 0 Å². The van der Waals surface area contributed by atoms with Crippen molar-refractivity contribution in [1.29, 1.82) is 0 Å². The van der Waals surface area contributed by atoms with Crippen LogP contribution in [-0.4, -0.2) is 32.8 Å². The van der Waals surface area contributed by atoms with Gasteiger partial charge in [-0.25, -0.2) is 0 Å². The fraction of sp³-hybridized carbons (Fsp3) is 0.367. The molecular formula is C30H34Cl4N2O3. The topological polar surface area (TPSA) is 73.6 Å². The van der Waals surface area contributed by atoms with Gasteiger partial charge in [-0.3, -0.25) is 4.79 Å². The molecule has 3 aromatic carbocycles. The van der Waals surface area contributed by atoms with Crippen molar-refractivity contribution >= 4 is 52.3 Å². The van der Waals surface area contributed by atoms with E-state index in [4.69, 9.17) is 61.6 Å². The molecule has 0 aliphatic carbocycles. The van der Waals surface area contributed by atoms with E-state index in [0.717, 1.165) is 40.7 Å². The lowest BCUT2D eigenvalue weighted by Crippen LogP contribution is -2.36. The summed E-state index contributed by atoms with van der Waals surface area (Å²) in [5.74, 6) is 0.00155. The lowest BCUT2D eigenvalue weighted by atomic mass is 9.97. The van der Waals surface area contributed by atoms with E-state index >= 15 is 0 Å². The van der Waals surface area contributed by atoms with Gasteiger partial charge in [0.1, 0.15) is 0 Å². The summed E-state index contributed by atoms with van der Waals surface area (Å²) in [7, 11) is 1.67. The Balaban J connectivity index is 1.52. The first kappa shape index (κ1) is 31.5. The maximum Gasteiger partial charge on any atom is 0.224 e. The largest absolute Gasteiger partial charge is 0.490 e. The molecule has 1 atom stereocenters. The van der Waals surface area contributed by atoms with Gasteiger partial charge in [0.2, 0.25) is 5.91 Å². The molecule has 5 nitrogen and oxygen atoms in total. The Morgan fingerprint density at radius 2 is 1.56 bits per heavy atom. The van der Waals surface area contributed by atoms with Gasteiger partial charge in [-0.05, 0) is 72.2 Å². The number of carbonyl (C=O) groups is 1. The van der Waals surface area contributed by atoms with Gasteiger partial charge in [-0.1, -0.05) is 76.7 Å². The highest BCUT2D eigenvalue weighted by atomic mass is 35.5. The van der Waals surface area contributed by atoms with Crippen LogP contribution in [-0.2, 0) is 35.3 Å². The number of hydrogen-bond donors (Lipinski definition) is 2. The summed E-state index contributed by atoms with van der Waals surface area (Å²) < 4.78 is 10.9. The average molecular weight is 612 g/mol. The van der Waals surface area contributed by atoms with Crippen molar-refractivity contribution in [2.75, 3.05) is 26.9 Å². The van der Waals surface area contributed by atoms with Gasteiger partial charge in [0, 0.05) is 33.2 Å². The minimum atomic E-state index is -0.371. The first-order valence-corrected chi connectivity index (χ1v) is 14.3. The molecule has 39 heavy (non-hydrogen) atoms. The Bertz CT molecular complexity index is 1230. The summed E-state index contributed by atoms with van der Waals surface area (Å²) in [6.45, 7) is 3.54. The van der Waals surface area contributed by atoms with Gasteiger partial charge in [0.15, 0.2) is 5.75 Å². The van der Waals surface area contributed by atoms with E-state index in [1.54, 1.807) is 7.11 Å². The summed E-state index contributed by atoms with van der Waals surface area (Å²) in [4.78, 5) is 12.9. The number of rotatable bonds is 14. The number of amides is 1. The molecule has 0 aliphatic heterocycles. The normalized spacial score (nSPS) is 11.9. The van der Waals surface area contributed by atoms with Crippen molar-refractivity contribution in [1.82, 2.24) is 5.32 Å². The Labute approximate surface area is 250 Å². The fourth-order valence-corrected chi connectivity index (χ4v) is 5.38. The second kappa shape index (κ2) is 15.7. The number of aryl methyl sites for hydroxylation is 2. The predicted molar refractivity (Wildman–Crippen MR) is 162 cm³/mol. The third kappa shape index (κ3) is 9.56. The van der Waals surface area contributed by atoms with E-state index < -0.39 is 0 Å². The molecule has 1 unspecified atom stereocenters. The molecule has 0 aliphatic rings. The van der Waals surface area contributed by atoms with Crippen LogP contribution in [0.5, 0.6) is 5.75 Å². The second-order valence-electron chi connectivity index (χ2n) is 9.47. The van der Waals surface area contributed by atoms with E-state index in [1.807, 2.05) is 55.5 Å². The van der Waals surface area contributed by atoms with E-state index in [9.17, 15) is 4.79 Å². The summed E-state index contributed by atoms with van der Waals surface area (Å²) in [6, 6.07) is 15.6. The van der Waals surface area contributed by atoms with Crippen LogP contribution in [0.15, 0.2) is 48.5 Å². The van der Waals surface area contributed by atoms with Gasteiger partial charge in [-0.2, -0.15) is 0 Å². The molecular weight excluding hydrogens is 578 g/mol. The second-order valence-corrected chi connectivity index (χ2v) is 11.1. The van der Waals surface area contributed by atoms with Gasteiger partial charge < -0.3 is 20.5 Å². The molecule has 210 valence electrons. The highest BCUT2D eigenvalue weighted by Crippen LogP contribution is 2.34. The summed E-state index contributed by atoms with van der Waals surface area (Å²) in [5.41, 5.74) is 10.9. The van der Waals surface area contributed by atoms with Crippen LogP contribution in [0.3, 0.4) is 0 Å². The van der Waals surface area contributed by atoms with E-state index in [0.29, 0.717) is 51.9 Å². The first-order valence-electron chi connectivity index (χ1n) is 12.8. The molecule has 0 fully saturated rings. The number of hydrogen-bond acceptors (Lipinski definition) is 4. The zero-order valence-corrected chi connectivity index (χ0v) is 25.2. The molecule has 0 saturated carbocycles. The minimum absolute atomic E-state index is 0.126. The number of nitrogens with one attached hydrogen (secondary N) is 1. The van der Waals surface area contributed by atoms with Crippen molar-refractivity contribution in [3.63, 3.8) is 0 Å². The van der Waals surface area contributed by atoms with Crippen LogP contribution in [0, 0.1) is 12.8 Å². The Morgan fingerprint density at radius 1 is 0.897 bits per heavy atom. The van der Waals surface area contributed by atoms with Crippen LogP contribution in [0.4, 0.5) is 0 Å². The third-order valence-corrected chi connectivity index (χ3v) is 7.77. The van der Waals surface area contributed by atoms with Gasteiger partial charge in [0.25, 0.3) is 0 Å². The molecule has 3 N–H and O–H groups in total. The maximum absolute atomic E-state index is 12.9. The molecule has 9 heteroatoms. The van der Waals surface area contributed by atoms with Crippen molar-refractivity contribution in [2.24, 2.45) is 11.7 Å². The zero-order valence-electron chi connectivity index (χ0n) is 22.2. The molecule has 0 spiro atoms. The standard InChI is InChI=1S/C30H34Cl4N2O3/c1-19-12-26(32)29(27(33)13-19)39-11-9-20-5-7-21(8-6-20)14-23(17-35)30(37)36-18-24-15-22(4-3-10-38-2)16-25(31)28(24)34/h5-8,12-13,15-16,23H,3-4,9-11,14,17-18,35H2,1-2H3,(H,36,37). The van der Waals surface area contributed by atoms with Crippen molar-refractivity contribution in [3.8, 4) is 5.75 Å². The number of halogens is 4. The smallest absolute Gasteiger partial charge is 0.224 e. The molecule has 0 heterocycles. The zero-order chi connectivity index (χ0) is 28.4. The van der Waals surface area contributed by atoms with Crippen molar-refractivity contribution in [2.45, 2.75) is 39.2 Å². The minimum Gasteiger partial charge on any atom is -0.490 e. The molecule has 0 saturated heterocycles. The number of benzene rings is 3. The molecule has 3 aromatic rings. The lowest BCUT2D eigenvalue weighted by Gasteiger charge is -2.17. The Morgan fingerprint density at radius 3 is 2.21 bits per heavy atom. The van der Waals surface area contributed by atoms with E-state index in [1.165, 1.54) is 0 Å². The summed E-state index contributed by atoms with van der Waals surface area (Å²) in [5, 5.41) is 4.90. The molecule has 0 aromatic heterocycles. The van der Waals surface area contributed by atoms with E-state index in [2.05, 4.69) is 5.32 Å². The highest BCUT2D eigenvalue weighted by molar-refractivity contribution is 6.42. The number of carbonyl (C=O) groups excluding carboxylic acids is 1. The average Bonchev–Trinajstić information content (AvgIpc) is 2.90. The van der Waals surface area contributed by atoms with Crippen LogP contribution >= 0.6 is 46.4 Å². The molecule has 3 rings (SSSR count). The van der Waals surface area contributed by atoms with Crippen LogP contribution in [0.2, 0.25) is 20.1 Å². The molecule has 0 bridgehead atoms. The molecule has 0 radical (unpaired) electrons. The first-order chi connectivity index (χ1) is 18.7. The van der Waals surface area contributed by atoms with Crippen LogP contribution < -0.4 is 15.8 Å². The summed E-state index contributed by atoms with van der Waals surface area (Å²) in [6.07, 6.45) is 2.90. The predicted octanol–water partition coefficient (Wildman–Crippen LogP) is 7.24. The highest BCUT2D eigenvalue weighted by Gasteiger charge is 2.18. The number of nitrogens with two attached hydrogens (primary N) is 1. The SMILES string of the molecule is COCCCc1cc(Cl)c(Cl)c(CNC(=O)C(CN)Cc2ccc(CCOc3c(Cl)cc(C)cc3Cl)cc2)c1. The van der Waals surface area contributed by atoms with Crippen molar-refractivity contribution in [3.05, 3.63) is 96.4 Å². The van der Waals surface area contributed by atoms with E-state index in [-0.39, 0.29) is 24.9 Å². The van der Waals surface area contributed by atoms with Gasteiger partial charge in [0.05, 0.1) is 32.6 Å². The Hall–Kier alpha value is -1.99. The van der Waals surface area contributed by atoms with Gasteiger partial charge >= 0.3 is 0 Å². The lowest BCUT2D eigenvalue weighted by molar-refractivity contribution is -0.124. The summed E-state index contributed by atoms with van der Waals surface area (Å²) >= 11 is 25.2. The van der Waals surface area contributed by atoms with Crippen molar-refractivity contribution < 1.29 is 14.3 Å². The number of ether oxygens (including phenoxy) is 2. The fourth-order valence-electron chi connectivity index (χ4n) is 4.23. The van der Waals surface area contributed by atoms with Crippen LogP contribution in [0.1, 0.15) is 34.2 Å². The monoisotopic (exact) mass is 610 g/mol. The quantitative estimate of drug-likeness (QED) is 0.188. The third-order valence-electron chi connectivity index (χ3n) is 6.37. The Kier molecular flexibility index (Phi) is 12.7. The maximum atomic E-state index is 12.9. The molecule has 1 amide bonds. The number of methoxy groups -OCH3 is 1. The van der Waals surface area contributed by atoms with Crippen LogP contribution in [0.25, 0.3) is 0 Å².